The second kappa shape index (κ2) is 6.80. The number of ether oxygens (including phenoxy) is 1. The molecule has 0 saturated carbocycles. The quantitative estimate of drug-likeness (QED) is 0.633. The van der Waals surface area contributed by atoms with Crippen LogP contribution in [0.1, 0.15) is 19.0 Å². The second-order valence-corrected chi connectivity index (χ2v) is 4.16. The molecular formula is C11H14N2O3S. The van der Waals surface area contributed by atoms with Crippen LogP contribution in [0.5, 0.6) is 0 Å². The predicted octanol–water partition coefficient (Wildman–Crippen LogP) is 1.22. The summed E-state index contributed by atoms with van der Waals surface area (Å²) in [6, 6.07) is -0.255. The Hall–Kier alpha value is -1.69. The fourth-order valence-corrected chi connectivity index (χ4v) is 1.66. The maximum Gasteiger partial charge on any atom is 0.307 e. The lowest BCUT2D eigenvalue weighted by atomic mass is 10.2. The van der Waals surface area contributed by atoms with Crippen molar-refractivity contribution in [3.63, 3.8) is 0 Å². The molecule has 1 atom stereocenters. The molecule has 0 aliphatic heterocycles. The lowest BCUT2D eigenvalue weighted by molar-refractivity contribution is -0.141. The summed E-state index contributed by atoms with van der Waals surface area (Å²) in [7, 11) is 1.32. The molecule has 0 bridgehead atoms. The molecule has 5 nitrogen and oxygen atoms in total. The number of nitrogens with zero attached hydrogens (tertiary/aromatic N) is 1. The summed E-state index contributed by atoms with van der Waals surface area (Å²) in [5.41, 5.74) is 2.43. The number of aromatic nitrogens is 1. The Balaban J connectivity index is 2.36. The van der Waals surface area contributed by atoms with Crippen LogP contribution in [-0.2, 0) is 14.3 Å². The molecule has 0 aliphatic rings. The van der Waals surface area contributed by atoms with E-state index in [1.165, 1.54) is 24.5 Å². The van der Waals surface area contributed by atoms with E-state index >= 15 is 0 Å². The Morgan fingerprint density at radius 3 is 3.00 bits per heavy atom. The van der Waals surface area contributed by atoms with Crippen LogP contribution < -0.4 is 5.32 Å². The van der Waals surface area contributed by atoms with Gasteiger partial charge in [-0.05, 0) is 13.0 Å². The van der Waals surface area contributed by atoms with Gasteiger partial charge in [-0.1, -0.05) is 0 Å². The molecule has 17 heavy (non-hydrogen) atoms. The van der Waals surface area contributed by atoms with Gasteiger partial charge in [0, 0.05) is 17.5 Å². The number of hydrogen-bond donors (Lipinski definition) is 1. The third-order valence-electron chi connectivity index (χ3n) is 1.95. The van der Waals surface area contributed by atoms with Crippen LogP contribution in [0.2, 0.25) is 0 Å². The maximum atomic E-state index is 11.4. The van der Waals surface area contributed by atoms with E-state index in [4.69, 9.17) is 0 Å². The van der Waals surface area contributed by atoms with Crippen LogP contribution in [0.3, 0.4) is 0 Å². The van der Waals surface area contributed by atoms with Crippen molar-refractivity contribution < 1.29 is 14.3 Å². The smallest absolute Gasteiger partial charge is 0.307 e. The second-order valence-electron chi connectivity index (χ2n) is 3.44. The zero-order valence-corrected chi connectivity index (χ0v) is 10.5. The highest BCUT2D eigenvalue weighted by molar-refractivity contribution is 7.07. The van der Waals surface area contributed by atoms with Crippen molar-refractivity contribution in [1.82, 2.24) is 10.3 Å². The minimum Gasteiger partial charge on any atom is -0.469 e. The van der Waals surface area contributed by atoms with E-state index in [2.05, 4.69) is 15.0 Å². The molecule has 0 aliphatic carbocycles. The first-order valence-corrected chi connectivity index (χ1v) is 5.99. The van der Waals surface area contributed by atoms with Crippen LogP contribution in [0.15, 0.2) is 17.0 Å². The average Bonchev–Trinajstić information content (AvgIpc) is 2.78. The number of amides is 1. The van der Waals surface area contributed by atoms with E-state index in [0.29, 0.717) is 0 Å². The molecule has 1 rings (SSSR count). The molecule has 1 heterocycles. The van der Waals surface area contributed by atoms with Gasteiger partial charge in [-0.25, -0.2) is 4.98 Å². The van der Waals surface area contributed by atoms with Crippen LogP contribution >= 0.6 is 11.3 Å². The van der Waals surface area contributed by atoms with Gasteiger partial charge in [0.1, 0.15) is 0 Å². The van der Waals surface area contributed by atoms with Crippen molar-refractivity contribution in [2.24, 2.45) is 0 Å². The molecule has 1 amide bonds. The van der Waals surface area contributed by atoms with Crippen molar-refractivity contribution in [1.29, 1.82) is 0 Å². The predicted molar refractivity (Wildman–Crippen MR) is 65.4 cm³/mol. The first kappa shape index (κ1) is 13.4. The maximum absolute atomic E-state index is 11.4. The molecule has 1 aromatic heterocycles. The molecule has 6 heteroatoms. The van der Waals surface area contributed by atoms with Crippen molar-refractivity contribution in [3.05, 3.63) is 22.7 Å². The van der Waals surface area contributed by atoms with E-state index < -0.39 is 0 Å². The van der Waals surface area contributed by atoms with E-state index in [0.717, 1.165) is 5.69 Å². The Morgan fingerprint density at radius 1 is 1.65 bits per heavy atom. The van der Waals surface area contributed by atoms with Gasteiger partial charge in [-0.2, -0.15) is 0 Å². The molecular weight excluding hydrogens is 240 g/mol. The van der Waals surface area contributed by atoms with E-state index in [-0.39, 0.29) is 24.3 Å². The highest BCUT2D eigenvalue weighted by atomic mass is 32.1. The van der Waals surface area contributed by atoms with Gasteiger partial charge in [-0.15, -0.1) is 11.3 Å². The Bertz CT molecular complexity index is 401. The minimum absolute atomic E-state index is 0.160. The molecule has 0 radical (unpaired) electrons. The van der Waals surface area contributed by atoms with Gasteiger partial charge in [0.05, 0.1) is 24.7 Å². The molecule has 0 saturated heterocycles. The zero-order chi connectivity index (χ0) is 12.7. The van der Waals surface area contributed by atoms with Gasteiger partial charge in [-0.3, -0.25) is 9.59 Å². The number of rotatable bonds is 5. The summed E-state index contributed by atoms with van der Waals surface area (Å²) in [4.78, 5) is 26.4. The number of esters is 1. The zero-order valence-electron chi connectivity index (χ0n) is 9.67. The highest BCUT2D eigenvalue weighted by Gasteiger charge is 2.10. The number of nitrogens with one attached hydrogen (secondary N) is 1. The Labute approximate surface area is 104 Å². The van der Waals surface area contributed by atoms with Crippen molar-refractivity contribution in [2.75, 3.05) is 7.11 Å². The van der Waals surface area contributed by atoms with Gasteiger partial charge in [0.2, 0.25) is 5.91 Å². The number of hydrogen-bond acceptors (Lipinski definition) is 5. The standard InChI is InChI=1S/C11H14N2O3S/c1-8(5-11(15)16-2)13-10(14)4-3-9-6-17-7-12-9/h3-4,6-8H,5H2,1-2H3,(H,13,14)/b4-3+/t8-/m0/s1. The van der Waals surface area contributed by atoms with Crippen LogP contribution in [0, 0.1) is 0 Å². The summed E-state index contributed by atoms with van der Waals surface area (Å²) >= 11 is 1.46. The number of thiazole rings is 1. The van der Waals surface area contributed by atoms with Crippen LogP contribution in [-0.4, -0.2) is 30.0 Å². The largest absolute Gasteiger partial charge is 0.469 e. The molecule has 1 aromatic rings. The first-order chi connectivity index (χ1) is 8.11. The third-order valence-corrected chi connectivity index (χ3v) is 2.55. The fraction of sp³-hybridized carbons (Fsp3) is 0.364. The topological polar surface area (TPSA) is 68.3 Å². The number of methoxy groups -OCH3 is 1. The van der Waals surface area contributed by atoms with Crippen LogP contribution in [0.4, 0.5) is 0 Å². The monoisotopic (exact) mass is 254 g/mol. The molecule has 0 aromatic carbocycles. The summed E-state index contributed by atoms with van der Waals surface area (Å²) in [6.07, 6.45) is 3.17. The van der Waals surface area contributed by atoms with Crippen molar-refractivity contribution in [3.8, 4) is 0 Å². The Morgan fingerprint density at radius 2 is 2.41 bits per heavy atom. The minimum atomic E-state index is -0.346. The first-order valence-electron chi connectivity index (χ1n) is 5.05. The molecule has 0 fully saturated rings. The summed E-state index contributed by atoms with van der Waals surface area (Å²) in [6.45, 7) is 1.74. The van der Waals surface area contributed by atoms with Gasteiger partial charge >= 0.3 is 5.97 Å². The van der Waals surface area contributed by atoms with E-state index in [1.807, 2.05) is 5.38 Å². The lowest BCUT2D eigenvalue weighted by Crippen LogP contribution is -2.33. The van der Waals surface area contributed by atoms with Gasteiger partial charge in [0.25, 0.3) is 0 Å². The highest BCUT2D eigenvalue weighted by Crippen LogP contribution is 2.02. The Kier molecular flexibility index (Phi) is 5.35. The number of carbonyl (C=O) groups excluding carboxylic acids is 2. The molecule has 0 unspecified atom stereocenters. The normalized spacial score (nSPS) is 12.4. The van der Waals surface area contributed by atoms with E-state index in [9.17, 15) is 9.59 Å². The summed E-state index contributed by atoms with van der Waals surface area (Å²) < 4.78 is 4.50. The fourth-order valence-electron chi connectivity index (χ4n) is 1.14. The number of carbonyl (C=O) groups is 2. The third kappa shape index (κ3) is 5.26. The molecule has 0 spiro atoms. The SMILES string of the molecule is COC(=O)C[C@H](C)NC(=O)/C=C/c1cscn1. The van der Waals surface area contributed by atoms with Crippen molar-refractivity contribution in [2.45, 2.75) is 19.4 Å². The average molecular weight is 254 g/mol. The molecule has 1 N–H and O–H groups in total. The lowest BCUT2D eigenvalue weighted by Gasteiger charge is -2.10. The molecule has 92 valence electrons. The van der Waals surface area contributed by atoms with E-state index in [1.54, 1.807) is 18.5 Å². The summed E-state index contributed by atoms with van der Waals surface area (Å²) in [5, 5.41) is 4.49. The van der Waals surface area contributed by atoms with Crippen molar-refractivity contribution >= 4 is 29.3 Å². The van der Waals surface area contributed by atoms with Gasteiger partial charge < -0.3 is 10.1 Å². The van der Waals surface area contributed by atoms with Gasteiger partial charge in [0.15, 0.2) is 0 Å². The van der Waals surface area contributed by atoms with Crippen LogP contribution in [0.25, 0.3) is 6.08 Å². The summed E-state index contributed by atoms with van der Waals surface area (Å²) in [5.74, 6) is -0.601.